The summed E-state index contributed by atoms with van der Waals surface area (Å²) in [6, 6.07) is 20.1. The standard InChI is InChI=1S/C26H27N2/c1-27-15-3-2-8-25(27)14-11-20-9-12-21(13-10-20)24-18-22-6-4-16-28-17-5-7-23(19-24)26(22)28/h2-3,8-15,18-19H,4-7,16-17H2,1H3/q+1. The summed E-state index contributed by atoms with van der Waals surface area (Å²) < 4.78 is 2.13. The molecule has 2 aromatic carbocycles. The SMILES string of the molecule is C[n+]1ccccc1/C=C/c1ccc(-c2cc3c4c(c2)CCCN4CCC3)cc1. The van der Waals surface area contributed by atoms with E-state index in [0.717, 1.165) is 0 Å². The Hall–Kier alpha value is -2.87. The van der Waals surface area contributed by atoms with Crippen molar-refractivity contribution in [3.63, 3.8) is 0 Å². The minimum Gasteiger partial charge on any atom is -0.371 e. The molecule has 0 N–H and O–H groups in total. The van der Waals surface area contributed by atoms with Crippen LogP contribution in [-0.4, -0.2) is 13.1 Å². The van der Waals surface area contributed by atoms with E-state index in [9.17, 15) is 0 Å². The summed E-state index contributed by atoms with van der Waals surface area (Å²) in [5.41, 5.74) is 9.80. The van der Waals surface area contributed by atoms with Crippen LogP contribution < -0.4 is 9.47 Å². The molecule has 1 aromatic heterocycles. The lowest BCUT2D eigenvalue weighted by Gasteiger charge is -2.37. The number of nitrogens with zero attached hydrogens (tertiary/aromatic N) is 2. The van der Waals surface area contributed by atoms with Crippen LogP contribution in [0.5, 0.6) is 0 Å². The summed E-state index contributed by atoms with van der Waals surface area (Å²) in [5, 5.41) is 0. The summed E-state index contributed by atoms with van der Waals surface area (Å²) in [4.78, 5) is 2.61. The Morgan fingerprint density at radius 2 is 1.54 bits per heavy atom. The fraction of sp³-hybridized carbons (Fsp3) is 0.269. The van der Waals surface area contributed by atoms with E-state index in [1.165, 1.54) is 61.2 Å². The molecule has 0 aliphatic carbocycles. The topological polar surface area (TPSA) is 7.12 Å². The van der Waals surface area contributed by atoms with Crippen molar-refractivity contribution in [1.82, 2.24) is 0 Å². The Balaban J connectivity index is 1.43. The van der Waals surface area contributed by atoms with Crippen LogP contribution in [0.1, 0.15) is 35.2 Å². The Labute approximate surface area is 167 Å². The highest BCUT2D eigenvalue weighted by Gasteiger charge is 2.24. The van der Waals surface area contributed by atoms with Crippen LogP contribution in [0, 0.1) is 0 Å². The molecule has 28 heavy (non-hydrogen) atoms. The summed E-state index contributed by atoms with van der Waals surface area (Å²) in [6.07, 6.45) is 11.5. The normalized spacial score (nSPS) is 15.7. The van der Waals surface area contributed by atoms with Gasteiger partial charge in [0.1, 0.15) is 7.05 Å². The summed E-state index contributed by atoms with van der Waals surface area (Å²) >= 11 is 0. The van der Waals surface area contributed by atoms with Gasteiger partial charge >= 0.3 is 0 Å². The van der Waals surface area contributed by atoms with Crippen molar-refractivity contribution in [3.8, 4) is 11.1 Å². The van der Waals surface area contributed by atoms with Crippen LogP contribution in [0.25, 0.3) is 23.3 Å². The molecule has 5 rings (SSSR count). The first-order valence-corrected chi connectivity index (χ1v) is 10.4. The number of pyridine rings is 1. The first-order chi connectivity index (χ1) is 13.8. The average molecular weight is 368 g/mol. The zero-order valence-corrected chi connectivity index (χ0v) is 16.6. The Bertz CT molecular complexity index is 1000. The van der Waals surface area contributed by atoms with Gasteiger partial charge in [0.05, 0.1) is 0 Å². The van der Waals surface area contributed by atoms with E-state index in [4.69, 9.17) is 0 Å². The molecule has 0 atom stereocenters. The summed E-state index contributed by atoms with van der Waals surface area (Å²) in [6.45, 7) is 2.47. The van der Waals surface area contributed by atoms with Gasteiger partial charge in [-0.15, -0.1) is 0 Å². The Kier molecular flexibility index (Phi) is 4.48. The molecule has 3 heterocycles. The number of benzene rings is 2. The lowest BCUT2D eigenvalue weighted by atomic mass is 9.88. The third kappa shape index (κ3) is 3.24. The van der Waals surface area contributed by atoms with Gasteiger partial charge in [-0.3, -0.25) is 0 Å². The van der Waals surface area contributed by atoms with Gasteiger partial charge in [0, 0.05) is 37.0 Å². The number of hydrogen-bond donors (Lipinski definition) is 0. The van der Waals surface area contributed by atoms with Gasteiger partial charge in [-0.25, -0.2) is 4.57 Å². The number of aromatic nitrogens is 1. The van der Waals surface area contributed by atoms with Gasteiger partial charge in [0.15, 0.2) is 6.20 Å². The Morgan fingerprint density at radius 1 is 0.821 bits per heavy atom. The van der Waals surface area contributed by atoms with Crippen molar-refractivity contribution in [1.29, 1.82) is 0 Å². The van der Waals surface area contributed by atoms with Crippen molar-refractivity contribution in [2.75, 3.05) is 18.0 Å². The van der Waals surface area contributed by atoms with Gasteiger partial charge in [-0.1, -0.05) is 24.3 Å². The number of aryl methyl sites for hydroxylation is 3. The molecular weight excluding hydrogens is 340 g/mol. The van der Waals surface area contributed by atoms with E-state index in [0.29, 0.717) is 0 Å². The van der Waals surface area contributed by atoms with Crippen molar-refractivity contribution >= 4 is 17.8 Å². The monoisotopic (exact) mass is 367 g/mol. The van der Waals surface area contributed by atoms with Gasteiger partial charge < -0.3 is 4.90 Å². The maximum Gasteiger partial charge on any atom is 0.204 e. The second kappa shape index (κ2) is 7.27. The molecule has 2 aliphatic rings. The third-order valence-corrected chi connectivity index (χ3v) is 6.12. The van der Waals surface area contributed by atoms with E-state index >= 15 is 0 Å². The highest BCUT2D eigenvalue weighted by atomic mass is 15.1. The second-order valence-electron chi connectivity index (χ2n) is 8.03. The third-order valence-electron chi connectivity index (χ3n) is 6.12. The summed E-state index contributed by atoms with van der Waals surface area (Å²) in [5.74, 6) is 0. The van der Waals surface area contributed by atoms with Crippen LogP contribution in [0.3, 0.4) is 0 Å². The maximum absolute atomic E-state index is 2.61. The van der Waals surface area contributed by atoms with E-state index in [1.54, 1.807) is 16.8 Å². The minimum atomic E-state index is 1.20. The van der Waals surface area contributed by atoms with E-state index < -0.39 is 0 Å². The predicted molar refractivity (Wildman–Crippen MR) is 117 cm³/mol. The van der Waals surface area contributed by atoms with Gasteiger partial charge in [0.25, 0.3) is 0 Å². The highest BCUT2D eigenvalue weighted by molar-refractivity contribution is 5.75. The van der Waals surface area contributed by atoms with E-state index in [1.807, 2.05) is 0 Å². The smallest absolute Gasteiger partial charge is 0.204 e. The molecule has 140 valence electrons. The average Bonchev–Trinajstić information content (AvgIpc) is 2.74. The quantitative estimate of drug-likeness (QED) is 0.588. The zero-order chi connectivity index (χ0) is 18.9. The van der Waals surface area contributed by atoms with Crippen LogP contribution >= 0.6 is 0 Å². The van der Waals surface area contributed by atoms with Crippen molar-refractivity contribution in [3.05, 3.63) is 83.2 Å². The first-order valence-electron chi connectivity index (χ1n) is 10.4. The molecular formula is C26H27N2+. The summed E-state index contributed by atoms with van der Waals surface area (Å²) in [7, 11) is 2.08. The fourth-order valence-corrected chi connectivity index (χ4v) is 4.65. The molecule has 3 aromatic rings. The second-order valence-corrected chi connectivity index (χ2v) is 8.03. The highest BCUT2D eigenvalue weighted by Crippen LogP contribution is 2.38. The van der Waals surface area contributed by atoms with Crippen LogP contribution in [0.4, 0.5) is 5.69 Å². The van der Waals surface area contributed by atoms with Crippen molar-refractivity contribution in [2.24, 2.45) is 7.05 Å². The van der Waals surface area contributed by atoms with Crippen LogP contribution in [-0.2, 0) is 19.9 Å². The molecule has 0 saturated carbocycles. The molecule has 0 spiro atoms. The van der Waals surface area contributed by atoms with Gasteiger partial charge in [0.2, 0.25) is 5.69 Å². The molecule has 0 unspecified atom stereocenters. The minimum absolute atomic E-state index is 1.20. The van der Waals surface area contributed by atoms with Crippen molar-refractivity contribution in [2.45, 2.75) is 25.7 Å². The van der Waals surface area contributed by atoms with Crippen molar-refractivity contribution < 1.29 is 4.57 Å². The lowest BCUT2D eigenvalue weighted by molar-refractivity contribution is -0.673. The molecule has 0 radical (unpaired) electrons. The molecule has 2 heteroatoms. The van der Waals surface area contributed by atoms with Gasteiger partial charge in [-0.05, 0) is 77.8 Å². The predicted octanol–water partition coefficient (Wildman–Crippen LogP) is 5.05. The van der Waals surface area contributed by atoms with Gasteiger partial charge in [-0.2, -0.15) is 0 Å². The molecule has 2 aliphatic heterocycles. The fourth-order valence-electron chi connectivity index (χ4n) is 4.65. The molecule has 0 fully saturated rings. The maximum atomic E-state index is 2.61. The number of hydrogen-bond acceptors (Lipinski definition) is 1. The molecule has 0 bridgehead atoms. The molecule has 0 amide bonds. The largest absolute Gasteiger partial charge is 0.371 e. The number of anilines is 1. The van der Waals surface area contributed by atoms with E-state index in [2.05, 4.69) is 89.5 Å². The van der Waals surface area contributed by atoms with E-state index in [-0.39, 0.29) is 0 Å². The molecule has 0 saturated heterocycles. The first kappa shape index (κ1) is 17.2. The number of rotatable bonds is 3. The zero-order valence-electron chi connectivity index (χ0n) is 16.6. The Morgan fingerprint density at radius 3 is 2.21 bits per heavy atom. The van der Waals surface area contributed by atoms with Crippen LogP contribution in [0.15, 0.2) is 60.8 Å². The lowest BCUT2D eigenvalue weighted by Crippen LogP contribution is -2.34. The molecule has 2 nitrogen and oxygen atoms in total. The van der Waals surface area contributed by atoms with Crippen LogP contribution in [0.2, 0.25) is 0 Å².